The number of alkyl halides is 3. The Balaban J connectivity index is 1.53. The molecule has 0 saturated heterocycles. The predicted octanol–water partition coefficient (Wildman–Crippen LogP) is 9.21. The van der Waals surface area contributed by atoms with Crippen molar-refractivity contribution >= 4 is 5.83 Å². The first kappa shape index (κ1) is 24.3. The van der Waals surface area contributed by atoms with E-state index in [0.29, 0.717) is 0 Å². The molecule has 3 rings (SSSR count). The summed E-state index contributed by atoms with van der Waals surface area (Å²) in [6, 6.07) is 3.96. The zero-order chi connectivity index (χ0) is 22.6. The molecule has 1 atom stereocenters. The second kappa shape index (κ2) is 10.5. The standard InChI is InChI=1S/C26H35F5/c1-3-4-17(2)18-5-7-19(8-6-18)20-9-11-21(12-10-20)22-13-14-23(24(27)15-22)25(28)16-26(29,30)31/h13-21H,3-12H2,1-2H3/b25-16-. The molecule has 1 aromatic rings. The van der Waals surface area contributed by atoms with Gasteiger partial charge in [0.25, 0.3) is 0 Å². The summed E-state index contributed by atoms with van der Waals surface area (Å²) in [7, 11) is 0. The van der Waals surface area contributed by atoms with Gasteiger partial charge in [-0.15, -0.1) is 0 Å². The van der Waals surface area contributed by atoms with Crippen LogP contribution < -0.4 is 0 Å². The summed E-state index contributed by atoms with van der Waals surface area (Å²) in [5.41, 5.74) is 0.153. The molecule has 0 nitrogen and oxygen atoms in total. The van der Waals surface area contributed by atoms with Gasteiger partial charge in [0.1, 0.15) is 11.6 Å². The molecule has 0 amide bonds. The van der Waals surface area contributed by atoms with Crippen molar-refractivity contribution in [1.29, 1.82) is 0 Å². The maximum absolute atomic E-state index is 14.3. The Hall–Kier alpha value is -1.39. The van der Waals surface area contributed by atoms with E-state index in [1.807, 2.05) is 0 Å². The van der Waals surface area contributed by atoms with Crippen molar-refractivity contribution in [1.82, 2.24) is 0 Å². The molecule has 0 aliphatic heterocycles. The molecule has 174 valence electrons. The molecular formula is C26H35F5. The van der Waals surface area contributed by atoms with Gasteiger partial charge in [0.05, 0.1) is 6.08 Å². The van der Waals surface area contributed by atoms with Crippen LogP contribution in [0, 0.1) is 29.5 Å². The summed E-state index contributed by atoms with van der Waals surface area (Å²) in [5.74, 6) is 0.939. The van der Waals surface area contributed by atoms with Crippen LogP contribution in [0.25, 0.3) is 5.83 Å². The minimum absolute atomic E-state index is 0.204. The molecule has 2 aliphatic rings. The molecule has 0 bridgehead atoms. The average Bonchev–Trinajstić information content (AvgIpc) is 2.73. The van der Waals surface area contributed by atoms with Crippen LogP contribution in [0.5, 0.6) is 0 Å². The van der Waals surface area contributed by atoms with Gasteiger partial charge in [-0.3, -0.25) is 0 Å². The number of rotatable bonds is 6. The second-order valence-electron chi connectivity index (χ2n) is 9.83. The van der Waals surface area contributed by atoms with Crippen molar-refractivity contribution in [2.24, 2.45) is 23.7 Å². The van der Waals surface area contributed by atoms with Gasteiger partial charge < -0.3 is 0 Å². The Morgan fingerprint density at radius 3 is 2.10 bits per heavy atom. The molecule has 0 heterocycles. The zero-order valence-corrected chi connectivity index (χ0v) is 18.7. The van der Waals surface area contributed by atoms with Crippen LogP contribution in [-0.2, 0) is 0 Å². The molecular weight excluding hydrogens is 407 g/mol. The minimum Gasteiger partial charge on any atom is -0.206 e. The third kappa shape index (κ3) is 6.55. The van der Waals surface area contributed by atoms with Gasteiger partial charge in [0, 0.05) is 5.56 Å². The van der Waals surface area contributed by atoms with E-state index < -0.39 is 29.5 Å². The first-order valence-electron chi connectivity index (χ1n) is 11.9. The normalized spacial score (nSPS) is 29.1. The van der Waals surface area contributed by atoms with Crippen molar-refractivity contribution in [3.05, 3.63) is 41.2 Å². The third-order valence-corrected chi connectivity index (χ3v) is 7.82. The van der Waals surface area contributed by atoms with E-state index in [0.717, 1.165) is 61.0 Å². The predicted molar refractivity (Wildman–Crippen MR) is 116 cm³/mol. The maximum atomic E-state index is 14.3. The molecule has 0 radical (unpaired) electrons. The fraction of sp³-hybridized carbons (Fsp3) is 0.692. The molecule has 1 aromatic carbocycles. The molecule has 2 fully saturated rings. The quantitative estimate of drug-likeness (QED) is 0.385. The van der Waals surface area contributed by atoms with E-state index in [9.17, 15) is 22.0 Å². The topological polar surface area (TPSA) is 0 Å². The molecule has 5 heteroatoms. The second-order valence-corrected chi connectivity index (χ2v) is 9.83. The Labute approximate surface area is 183 Å². The molecule has 0 aromatic heterocycles. The van der Waals surface area contributed by atoms with E-state index in [1.165, 1.54) is 44.6 Å². The Bertz CT molecular complexity index is 735. The SMILES string of the molecule is CCCC(C)C1CCC(C2CCC(c3ccc(/C(F)=C/C(F)(F)F)c(F)c3)CC2)CC1. The minimum atomic E-state index is -4.80. The average molecular weight is 443 g/mol. The summed E-state index contributed by atoms with van der Waals surface area (Å²) in [5, 5.41) is 0. The smallest absolute Gasteiger partial charge is 0.206 e. The summed E-state index contributed by atoms with van der Waals surface area (Å²) >= 11 is 0. The van der Waals surface area contributed by atoms with Gasteiger partial charge >= 0.3 is 6.18 Å². The van der Waals surface area contributed by atoms with E-state index in [2.05, 4.69) is 13.8 Å². The van der Waals surface area contributed by atoms with Gasteiger partial charge in [0.15, 0.2) is 0 Å². The van der Waals surface area contributed by atoms with Crippen molar-refractivity contribution in [2.75, 3.05) is 0 Å². The van der Waals surface area contributed by atoms with E-state index in [1.54, 1.807) is 6.07 Å². The number of hydrogen-bond acceptors (Lipinski definition) is 0. The van der Waals surface area contributed by atoms with Gasteiger partial charge in [-0.1, -0.05) is 32.8 Å². The largest absolute Gasteiger partial charge is 0.412 e. The molecule has 31 heavy (non-hydrogen) atoms. The van der Waals surface area contributed by atoms with Crippen LogP contribution >= 0.6 is 0 Å². The van der Waals surface area contributed by atoms with Crippen LogP contribution in [0.1, 0.15) is 95.1 Å². The first-order chi connectivity index (χ1) is 14.7. The molecule has 1 unspecified atom stereocenters. The molecule has 2 saturated carbocycles. The third-order valence-electron chi connectivity index (χ3n) is 7.82. The van der Waals surface area contributed by atoms with Crippen LogP contribution in [0.2, 0.25) is 0 Å². The van der Waals surface area contributed by atoms with Gasteiger partial charge in [-0.05, 0) is 98.7 Å². The monoisotopic (exact) mass is 442 g/mol. The lowest BCUT2D eigenvalue weighted by molar-refractivity contribution is -0.0798. The van der Waals surface area contributed by atoms with Crippen LogP contribution in [0.15, 0.2) is 24.3 Å². The Morgan fingerprint density at radius 1 is 1.00 bits per heavy atom. The highest BCUT2D eigenvalue weighted by Crippen LogP contribution is 2.45. The van der Waals surface area contributed by atoms with Crippen molar-refractivity contribution in [3.63, 3.8) is 0 Å². The number of halogens is 5. The van der Waals surface area contributed by atoms with Gasteiger partial charge in [0.2, 0.25) is 0 Å². The number of benzene rings is 1. The first-order valence-corrected chi connectivity index (χ1v) is 11.9. The summed E-state index contributed by atoms with van der Waals surface area (Å²) in [6.07, 6.45) is 6.80. The van der Waals surface area contributed by atoms with Crippen molar-refractivity contribution in [2.45, 2.75) is 90.1 Å². The van der Waals surface area contributed by atoms with Crippen molar-refractivity contribution in [3.8, 4) is 0 Å². The Kier molecular flexibility index (Phi) is 8.20. The fourth-order valence-electron chi connectivity index (χ4n) is 6.00. The lowest BCUT2D eigenvalue weighted by atomic mass is 9.66. The van der Waals surface area contributed by atoms with Gasteiger partial charge in [-0.25, -0.2) is 8.78 Å². The van der Waals surface area contributed by atoms with E-state index >= 15 is 0 Å². The van der Waals surface area contributed by atoms with Crippen LogP contribution in [0.3, 0.4) is 0 Å². The highest BCUT2D eigenvalue weighted by molar-refractivity contribution is 5.60. The summed E-state index contributed by atoms with van der Waals surface area (Å²) < 4.78 is 65.1. The lowest BCUT2D eigenvalue weighted by Crippen LogP contribution is -2.27. The highest BCUT2D eigenvalue weighted by atomic mass is 19.4. The fourth-order valence-corrected chi connectivity index (χ4v) is 6.00. The summed E-state index contributed by atoms with van der Waals surface area (Å²) in [6.45, 7) is 4.66. The van der Waals surface area contributed by atoms with Crippen molar-refractivity contribution < 1.29 is 22.0 Å². The molecule has 2 aliphatic carbocycles. The lowest BCUT2D eigenvalue weighted by Gasteiger charge is -2.39. The Morgan fingerprint density at radius 2 is 1.58 bits per heavy atom. The highest BCUT2D eigenvalue weighted by Gasteiger charge is 2.33. The summed E-state index contributed by atoms with van der Waals surface area (Å²) in [4.78, 5) is 0. The number of hydrogen-bond donors (Lipinski definition) is 0. The van der Waals surface area contributed by atoms with E-state index in [-0.39, 0.29) is 5.92 Å². The maximum Gasteiger partial charge on any atom is 0.412 e. The molecule has 0 N–H and O–H groups in total. The van der Waals surface area contributed by atoms with Crippen LogP contribution in [0.4, 0.5) is 22.0 Å². The zero-order valence-electron chi connectivity index (χ0n) is 18.7. The van der Waals surface area contributed by atoms with E-state index in [4.69, 9.17) is 0 Å². The van der Waals surface area contributed by atoms with Gasteiger partial charge in [-0.2, -0.15) is 13.2 Å². The van der Waals surface area contributed by atoms with Crippen LogP contribution in [-0.4, -0.2) is 6.18 Å². The number of allylic oxidation sites excluding steroid dienone is 1. The molecule has 0 spiro atoms.